The zero-order valence-corrected chi connectivity index (χ0v) is 14.9. The molecule has 1 aliphatic heterocycles. The number of amides is 1. The van der Waals surface area contributed by atoms with E-state index in [1.165, 1.54) is 0 Å². The van der Waals surface area contributed by atoms with Crippen molar-refractivity contribution in [2.75, 3.05) is 17.2 Å². The highest BCUT2D eigenvalue weighted by molar-refractivity contribution is 5.95. The van der Waals surface area contributed by atoms with Gasteiger partial charge in [-0.05, 0) is 33.8 Å². The molecule has 2 N–H and O–H groups in total. The fourth-order valence-electron chi connectivity index (χ4n) is 2.79. The first-order valence-corrected chi connectivity index (χ1v) is 8.43. The van der Waals surface area contributed by atoms with Crippen LogP contribution in [0.1, 0.15) is 32.1 Å². The summed E-state index contributed by atoms with van der Waals surface area (Å²) in [5.74, 6) is 2.37. The molecule has 1 amide bonds. The number of benzene rings is 1. The molecule has 0 fully saturated rings. The second kappa shape index (κ2) is 7.04. The molecular formula is C18H23N3O4. The molecule has 0 spiro atoms. The van der Waals surface area contributed by atoms with Crippen LogP contribution < -0.4 is 20.1 Å². The Balaban J connectivity index is 1.74. The maximum Gasteiger partial charge on any atom is 0.247 e. The number of hydrogen-bond donors (Lipinski definition) is 2. The Labute approximate surface area is 146 Å². The Kier molecular flexibility index (Phi) is 4.83. The lowest BCUT2D eigenvalue weighted by Crippen LogP contribution is -2.32. The Bertz CT molecular complexity index is 772. The minimum atomic E-state index is -0.493. The maximum absolute atomic E-state index is 12.4. The van der Waals surface area contributed by atoms with E-state index in [1.807, 2.05) is 26.0 Å². The van der Waals surface area contributed by atoms with Crippen LogP contribution >= 0.6 is 0 Å². The molecule has 25 heavy (non-hydrogen) atoms. The normalized spacial score (nSPS) is 16.7. The summed E-state index contributed by atoms with van der Waals surface area (Å²) in [6, 6.07) is 5.05. The van der Waals surface area contributed by atoms with Crippen molar-refractivity contribution in [3.63, 3.8) is 0 Å². The van der Waals surface area contributed by atoms with Gasteiger partial charge in [-0.3, -0.25) is 4.79 Å². The fourth-order valence-corrected chi connectivity index (χ4v) is 2.79. The molecule has 134 valence electrons. The fraction of sp³-hybridized carbons (Fsp3) is 0.444. The minimum Gasteiger partial charge on any atom is -0.492 e. The van der Waals surface area contributed by atoms with Crippen molar-refractivity contribution in [1.82, 2.24) is 5.16 Å². The number of aromatic nitrogens is 1. The summed E-state index contributed by atoms with van der Waals surface area (Å²) >= 11 is 0. The molecule has 2 aromatic rings. The summed E-state index contributed by atoms with van der Waals surface area (Å²) < 4.78 is 16.5. The van der Waals surface area contributed by atoms with Crippen LogP contribution in [0, 0.1) is 6.92 Å². The molecule has 7 heteroatoms. The second-order valence-corrected chi connectivity index (χ2v) is 6.20. The largest absolute Gasteiger partial charge is 0.492 e. The number of hydrogen-bond acceptors (Lipinski definition) is 6. The predicted octanol–water partition coefficient (Wildman–Crippen LogP) is 3.14. The van der Waals surface area contributed by atoms with Crippen LogP contribution in [0.5, 0.6) is 11.5 Å². The van der Waals surface area contributed by atoms with Crippen molar-refractivity contribution in [2.24, 2.45) is 0 Å². The van der Waals surface area contributed by atoms with Crippen molar-refractivity contribution < 1.29 is 18.8 Å². The van der Waals surface area contributed by atoms with E-state index >= 15 is 0 Å². The number of carbonyl (C=O) groups excluding carboxylic acids is 1. The minimum absolute atomic E-state index is 0.149. The molecule has 0 saturated heterocycles. The van der Waals surface area contributed by atoms with Gasteiger partial charge in [0.25, 0.3) is 0 Å². The number of nitrogens with zero attached hydrogens (tertiary/aromatic N) is 1. The first-order valence-electron chi connectivity index (χ1n) is 8.43. The van der Waals surface area contributed by atoms with Crippen LogP contribution in [-0.4, -0.2) is 29.8 Å². The Morgan fingerprint density at radius 2 is 2.24 bits per heavy atom. The van der Waals surface area contributed by atoms with Crippen molar-refractivity contribution in [3.8, 4) is 11.5 Å². The quantitative estimate of drug-likeness (QED) is 0.836. The van der Waals surface area contributed by atoms with Crippen molar-refractivity contribution in [3.05, 3.63) is 29.5 Å². The van der Waals surface area contributed by atoms with Gasteiger partial charge in [-0.15, -0.1) is 0 Å². The summed E-state index contributed by atoms with van der Waals surface area (Å²) in [7, 11) is 0. The summed E-state index contributed by atoms with van der Waals surface area (Å²) in [5, 5.41) is 9.67. The highest BCUT2D eigenvalue weighted by Crippen LogP contribution is 2.38. The van der Waals surface area contributed by atoms with Crippen molar-refractivity contribution >= 4 is 17.4 Å². The van der Waals surface area contributed by atoms with E-state index in [0.29, 0.717) is 18.2 Å². The summed E-state index contributed by atoms with van der Waals surface area (Å²) in [6.07, 6.45) is 1.01. The number of fused-ring (bicyclic) bond motifs is 1. The van der Waals surface area contributed by atoms with E-state index in [9.17, 15) is 4.79 Å². The molecule has 2 atom stereocenters. The highest BCUT2D eigenvalue weighted by atomic mass is 16.5. The zero-order valence-electron chi connectivity index (χ0n) is 14.9. The third-order valence-corrected chi connectivity index (χ3v) is 3.94. The van der Waals surface area contributed by atoms with Gasteiger partial charge in [0.1, 0.15) is 29.4 Å². The average molecular weight is 345 g/mol. The standard InChI is InChI=1S/C18H23N3O4/c1-5-23-16-8-13-6-10(2)24-15(13)9-14(16)19-12(4)18(22)20-17-7-11(3)25-21-17/h7-10,12,19H,5-6H2,1-4H3,(H,20,21,22)/t10-,12+/m1/s1. The molecule has 0 radical (unpaired) electrons. The molecule has 1 aliphatic rings. The monoisotopic (exact) mass is 345 g/mol. The zero-order chi connectivity index (χ0) is 18.0. The third-order valence-electron chi connectivity index (χ3n) is 3.94. The van der Waals surface area contributed by atoms with Gasteiger partial charge in [0.2, 0.25) is 5.91 Å². The van der Waals surface area contributed by atoms with Gasteiger partial charge in [0.05, 0.1) is 12.3 Å². The molecule has 3 rings (SSSR count). The van der Waals surface area contributed by atoms with Crippen molar-refractivity contribution in [2.45, 2.75) is 46.3 Å². The smallest absolute Gasteiger partial charge is 0.247 e. The van der Waals surface area contributed by atoms with E-state index in [-0.39, 0.29) is 12.0 Å². The highest BCUT2D eigenvalue weighted by Gasteiger charge is 2.23. The Morgan fingerprint density at radius 3 is 2.92 bits per heavy atom. The van der Waals surface area contributed by atoms with E-state index in [1.54, 1.807) is 19.9 Å². The average Bonchev–Trinajstić information content (AvgIpc) is 3.12. The van der Waals surface area contributed by atoms with Crippen LogP contribution in [0.15, 0.2) is 22.7 Å². The first kappa shape index (κ1) is 17.1. The maximum atomic E-state index is 12.4. The van der Waals surface area contributed by atoms with Gasteiger partial charge < -0.3 is 24.6 Å². The van der Waals surface area contributed by atoms with Crippen LogP contribution in [0.25, 0.3) is 0 Å². The first-order chi connectivity index (χ1) is 12.0. The van der Waals surface area contributed by atoms with Gasteiger partial charge in [-0.1, -0.05) is 5.16 Å². The molecule has 1 aromatic heterocycles. The van der Waals surface area contributed by atoms with Gasteiger partial charge in [0, 0.05) is 24.1 Å². The topological polar surface area (TPSA) is 85.6 Å². The molecule has 1 aromatic carbocycles. The van der Waals surface area contributed by atoms with Crippen LogP contribution in [0.3, 0.4) is 0 Å². The van der Waals surface area contributed by atoms with Crippen LogP contribution in [0.2, 0.25) is 0 Å². The lowest BCUT2D eigenvalue weighted by atomic mass is 10.1. The predicted molar refractivity (Wildman–Crippen MR) is 94.4 cm³/mol. The second-order valence-electron chi connectivity index (χ2n) is 6.20. The number of ether oxygens (including phenoxy) is 2. The van der Waals surface area contributed by atoms with E-state index in [0.717, 1.165) is 29.2 Å². The number of aryl methyl sites for hydroxylation is 1. The van der Waals surface area contributed by atoms with Gasteiger partial charge in [-0.25, -0.2) is 0 Å². The summed E-state index contributed by atoms with van der Waals surface area (Å²) in [6.45, 7) is 8.05. The molecule has 0 bridgehead atoms. The Morgan fingerprint density at radius 1 is 1.44 bits per heavy atom. The molecule has 7 nitrogen and oxygen atoms in total. The lowest BCUT2D eigenvalue weighted by molar-refractivity contribution is -0.116. The van der Waals surface area contributed by atoms with Crippen molar-refractivity contribution in [1.29, 1.82) is 0 Å². The van der Waals surface area contributed by atoms with E-state index in [4.69, 9.17) is 14.0 Å². The molecule has 2 heterocycles. The summed E-state index contributed by atoms with van der Waals surface area (Å²) in [4.78, 5) is 12.4. The number of carbonyl (C=O) groups is 1. The third kappa shape index (κ3) is 3.87. The van der Waals surface area contributed by atoms with Gasteiger partial charge >= 0.3 is 0 Å². The van der Waals surface area contributed by atoms with E-state index < -0.39 is 6.04 Å². The van der Waals surface area contributed by atoms with E-state index in [2.05, 4.69) is 15.8 Å². The lowest BCUT2D eigenvalue weighted by Gasteiger charge is -2.18. The number of nitrogens with one attached hydrogen (secondary N) is 2. The number of anilines is 2. The van der Waals surface area contributed by atoms with Crippen LogP contribution in [-0.2, 0) is 11.2 Å². The molecular weight excluding hydrogens is 322 g/mol. The molecule has 0 unspecified atom stereocenters. The Hall–Kier alpha value is -2.70. The summed E-state index contributed by atoms with van der Waals surface area (Å²) in [5.41, 5.74) is 1.85. The molecule has 0 aliphatic carbocycles. The SMILES string of the molecule is CCOc1cc2c(cc1N[C@@H](C)C(=O)Nc1cc(C)on1)O[C@H](C)C2. The molecule has 0 saturated carbocycles. The number of rotatable bonds is 6. The van der Waals surface area contributed by atoms with Crippen LogP contribution in [0.4, 0.5) is 11.5 Å². The van der Waals surface area contributed by atoms with Gasteiger partial charge in [-0.2, -0.15) is 0 Å². The van der Waals surface area contributed by atoms with Gasteiger partial charge in [0.15, 0.2) is 5.82 Å².